The zero-order chi connectivity index (χ0) is 15.5. The van der Waals surface area contributed by atoms with Crippen molar-refractivity contribution in [2.45, 2.75) is 65.6 Å². The predicted octanol–water partition coefficient (Wildman–Crippen LogP) is 4.14. The van der Waals surface area contributed by atoms with Crippen LogP contribution in [-0.4, -0.2) is 18.4 Å². The highest BCUT2D eigenvalue weighted by atomic mass is 16.7. The van der Waals surface area contributed by atoms with Gasteiger partial charge in [-0.15, -0.1) is 0 Å². The highest BCUT2D eigenvalue weighted by Gasteiger charge is 2.62. The Kier molecular flexibility index (Phi) is 3.14. The van der Waals surface area contributed by atoms with Gasteiger partial charge in [0.1, 0.15) is 0 Å². The van der Waals surface area contributed by atoms with Crippen LogP contribution in [0.15, 0.2) is 23.3 Å². The van der Waals surface area contributed by atoms with Gasteiger partial charge < -0.3 is 9.47 Å². The monoisotopic (exact) mass is 290 g/mol. The molecule has 0 bridgehead atoms. The van der Waals surface area contributed by atoms with Gasteiger partial charge in [0.05, 0.1) is 0 Å². The van der Waals surface area contributed by atoms with E-state index in [1.807, 2.05) is 13.8 Å². The largest absolute Gasteiger partial charge is 0.426 e. The molecule has 0 saturated heterocycles. The SMILES string of the molecule is C=C1CCC[C@]2(C)C[C@]3(OCC)OC(=O)C(C)=C3C[C@@]12C. The summed E-state index contributed by atoms with van der Waals surface area (Å²) in [5.41, 5.74) is 3.23. The van der Waals surface area contributed by atoms with Gasteiger partial charge in [0.25, 0.3) is 0 Å². The third-order valence-corrected chi connectivity index (χ3v) is 6.33. The van der Waals surface area contributed by atoms with Crippen LogP contribution in [-0.2, 0) is 14.3 Å². The molecule has 0 N–H and O–H groups in total. The molecular weight excluding hydrogens is 264 g/mol. The molecule has 116 valence electrons. The number of carbonyl (C=O) groups excluding carboxylic acids is 1. The molecule has 3 atom stereocenters. The van der Waals surface area contributed by atoms with Crippen molar-refractivity contribution in [1.82, 2.24) is 0 Å². The van der Waals surface area contributed by atoms with Crippen molar-refractivity contribution < 1.29 is 14.3 Å². The van der Waals surface area contributed by atoms with Gasteiger partial charge in [0.15, 0.2) is 0 Å². The average Bonchev–Trinajstić information content (AvgIpc) is 2.62. The van der Waals surface area contributed by atoms with Gasteiger partial charge in [-0.2, -0.15) is 0 Å². The number of ether oxygens (including phenoxy) is 2. The highest BCUT2D eigenvalue weighted by molar-refractivity contribution is 5.92. The minimum atomic E-state index is -0.818. The molecule has 0 aromatic carbocycles. The average molecular weight is 290 g/mol. The fraction of sp³-hybridized carbons (Fsp3) is 0.722. The van der Waals surface area contributed by atoms with Gasteiger partial charge in [-0.1, -0.05) is 26.0 Å². The van der Waals surface area contributed by atoms with E-state index in [0.29, 0.717) is 6.61 Å². The molecule has 3 rings (SSSR count). The molecule has 1 aliphatic heterocycles. The van der Waals surface area contributed by atoms with Gasteiger partial charge in [-0.3, -0.25) is 0 Å². The maximum atomic E-state index is 12.1. The molecule has 0 amide bonds. The second-order valence-electron chi connectivity index (χ2n) is 7.38. The molecule has 2 aliphatic carbocycles. The summed E-state index contributed by atoms with van der Waals surface area (Å²) in [6.07, 6.45) is 4.98. The second kappa shape index (κ2) is 4.45. The maximum absolute atomic E-state index is 12.1. The van der Waals surface area contributed by atoms with Crippen LogP contribution < -0.4 is 0 Å². The van der Waals surface area contributed by atoms with E-state index < -0.39 is 5.79 Å². The fourth-order valence-electron chi connectivity index (χ4n) is 4.67. The Morgan fingerprint density at radius 2 is 2.10 bits per heavy atom. The predicted molar refractivity (Wildman–Crippen MR) is 81.6 cm³/mol. The topological polar surface area (TPSA) is 35.5 Å². The van der Waals surface area contributed by atoms with Gasteiger partial charge in [-0.25, -0.2) is 4.79 Å². The van der Waals surface area contributed by atoms with Crippen LogP contribution in [0.2, 0.25) is 0 Å². The Morgan fingerprint density at radius 1 is 1.38 bits per heavy atom. The third kappa shape index (κ3) is 1.79. The minimum Gasteiger partial charge on any atom is -0.426 e. The maximum Gasteiger partial charge on any atom is 0.336 e. The summed E-state index contributed by atoms with van der Waals surface area (Å²) in [6, 6.07) is 0. The van der Waals surface area contributed by atoms with E-state index in [1.165, 1.54) is 12.0 Å². The third-order valence-electron chi connectivity index (χ3n) is 6.33. The normalized spacial score (nSPS) is 42.7. The molecule has 0 aromatic heterocycles. The van der Waals surface area contributed by atoms with Crippen molar-refractivity contribution in [3.8, 4) is 0 Å². The number of hydrogen-bond acceptors (Lipinski definition) is 3. The molecule has 2 saturated carbocycles. The van der Waals surface area contributed by atoms with Gasteiger partial charge in [-0.05, 0) is 50.4 Å². The summed E-state index contributed by atoms with van der Waals surface area (Å²) < 4.78 is 11.7. The van der Waals surface area contributed by atoms with Crippen LogP contribution in [0.25, 0.3) is 0 Å². The fourth-order valence-corrected chi connectivity index (χ4v) is 4.67. The van der Waals surface area contributed by atoms with Crippen LogP contribution in [0.4, 0.5) is 0 Å². The van der Waals surface area contributed by atoms with E-state index in [2.05, 4.69) is 20.4 Å². The summed E-state index contributed by atoms with van der Waals surface area (Å²) in [5, 5.41) is 0. The van der Waals surface area contributed by atoms with E-state index in [4.69, 9.17) is 9.47 Å². The molecule has 3 heteroatoms. The van der Waals surface area contributed by atoms with E-state index in [0.717, 1.165) is 36.8 Å². The Bertz CT molecular complexity index is 547. The Morgan fingerprint density at radius 3 is 2.76 bits per heavy atom. The van der Waals surface area contributed by atoms with Gasteiger partial charge in [0.2, 0.25) is 5.79 Å². The Balaban J connectivity index is 2.11. The van der Waals surface area contributed by atoms with E-state index >= 15 is 0 Å². The van der Waals surface area contributed by atoms with Gasteiger partial charge in [0, 0.05) is 24.2 Å². The van der Waals surface area contributed by atoms with E-state index in [-0.39, 0.29) is 16.8 Å². The molecule has 3 nitrogen and oxygen atoms in total. The van der Waals surface area contributed by atoms with Crippen molar-refractivity contribution >= 4 is 5.97 Å². The molecule has 0 radical (unpaired) electrons. The number of carbonyl (C=O) groups is 1. The lowest BCUT2D eigenvalue weighted by Gasteiger charge is -2.58. The minimum absolute atomic E-state index is 0.0381. The molecular formula is C18H26O3. The lowest BCUT2D eigenvalue weighted by Crippen LogP contribution is -2.55. The number of fused-ring (bicyclic) bond motifs is 2. The number of allylic oxidation sites excluding steroid dienone is 1. The molecule has 0 unspecified atom stereocenters. The number of esters is 1. The summed E-state index contributed by atoms with van der Waals surface area (Å²) in [7, 11) is 0. The molecule has 1 heterocycles. The van der Waals surface area contributed by atoms with Crippen LogP contribution in [0.3, 0.4) is 0 Å². The lowest BCUT2D eigenvalue weighted by molar-refractivity contribution is -0.232. The van der Waals surface area contributed by atoms with Crippen LogP contribution in [0, 0.1) is 10.8 Å². The molecule has 2 fully saturated rings. The standard InChI is InChI=1S/C18H26O3/c1-6-20-18-11-16(4)9-7-8-12(2)17(16,5)10-14(18)13(3)15(19)21-18/h2,6-11H2,1,3-5H3/t16-,17+,18+/m1/s1. The summed E-state index contributed by atoms with van der Waals surface area (Å²) in [4.78, 5) is 12.1. The number of rotatable bonds is 2. The zero-order valence-electron chi connectivity index (χ0n) is 13.7. The number of hydrogen-bond donors (Lipinski definition) is 0. The molecule has 21 heavy (non-hydrogen) atoms. The van der Waals surface area contributed by atoms with Crippen molar-refractivity contribution in [3.63, 3.8) is 0 Å². The second-order valence-corrected chi connectivity index (χ2v) is 7.38. The molecule has 0 spiro atoms. The van der Waals surface area contributed by atoms with Gasteiger partial charge >= 0.3 is 5.97 Å². The van der Waals surface area contributed by atoms with Crippen molar-refractivity contribution in [3.05, 3.63) is 23.3 Å². The van der Waals surface area contributed by atoms with Crippen molar-refractivity contribution in [1.29, 1.82) is 0 Å². The van der Waals surface area contributed by atoms with E-state index in [9.17, 15) is 4.79 Å². The smallest absolute Gasteiger partial charge is 0.336 e. The van der Waals surface area contributed by atoms with Crippen molar-refractivity contribution in [2.75, 3.05) is 6.61 Å². The van der Waals surface area contributed by atoms with Crippen molar-refractivity contribution in [2.24, 2.45) is 10.8 Å². The summed E-state index contributed by atoms with van der Waals surface area (Å²) in [6.45, 7) is 13.4. The highest BCUT2D eigenvalue weighted by Crippen LogP contribution is 2.66. The first-order chi connectivity index (χ1) is 9.78. The summed E-state index contributed by atoms with van der Waals surface area (Å²) in [5.74, 6) is -1.03. The summed E-state index contributed by atoms with van der Waals surface area (Å²) >= 11 is 0. The van der Waals surface area contributed by atoms with Crippen LogP contribution in [0.5, 0.6) is 0 Å². The first-order valence-corrected chi connectivity index (χ1v) is 8.04. The Hall–Kier alpha value is -1.09. The van der Waals surface area contributed by atoms with Crippen LogP contribution in [0.1, 0.15) is 59.8 Å². The molecule has 0 aromatic rings. The molecule has 3 aliphatic rings. The zero-order valence-corrected chi connectivity index (χ0v) is 13.7. The van der Waals surface area contributed by atoms with Crippen LogP contribution >= 0.6 is 0 Å². The first kappa shape index (κ1) is 14.8. The first-order valence-electron chi connectivity index (χ1n) is 8.04. The van der Waals surface area contributed by atoms with E-state index in [1.54, 1.807) is 0 Å². The lowest BCUT2D eigenvalue weighted by atomic mass is 9.48. The Labute approximate surface area is 127 Å². The quantitative estimate of drug-likeness (QED) is 0.566.